The first-order chi connectivity index (χ1) is 7.89. The minimum Gasteiger partial charge on any atom is -0.412 e. The van der Waals surface area contributed by atoms with Crippen LogP contribution in [-0.2, 0) is 33.3 Å². The Morgan fingerprint density at radius 2 is 2.11 bits per heavy atom. The van der Waals surface area contributed by atoms with Crippen LogP contribution < -0.4 is 0 Å². The number of halogens is 4. The molecular formula is C11H11F4IrN2-. The predicted octanol–water partition coefficient (Wildman–Crippen LogP) is 2.76. The minimum atomic E-state index is -4.40. The third kappa shape index (κ3) is 3.01. The van der Waals surface area contributed by atoms with Crippen LogP contribution in [0.4, 0.5) is 17.6 Å². The molecule has 18 heavy (non-hydrogen) atoms. The van der Waals surface area contributed by atoms with Crippen molar-refractivity contribution >= 4 is 5.71 Å². The zero-order valence-corrected chi connectivity index (χ0v) is 11.9. The van der Waals surface area contributed by atoms with Crippen LogP contribution in [0.1, 0.15) is 24.2 Å². The summed E-state index contributed by atoms with van der Waals surface area (Å²) in [4.78, 5) is 3.96. The number of rotatable bonds is 1. The molecule has 1 aliphatic heterocycles. The fraction of sp³-hybridized carbons (Fsp3) is 0.545. The second kappa shape index (κ2) is 5.53. The molecule has 0 N–H and O–H groups in total. The van der Waals surface area contributed by atoms with Gasteiger partial charge in [0.25, 0.3) is 0 Å². The van der Waals surface area contributed by atoms with E-state index in [9.17, 15) is 17.6 Å². The van der Waals surface area contributed by atoms with Crippen molar-refractivity contribution in [1.29, 1.82) is 0 Å². The third-order valence-corrected chi connectivity index (χ3v) is 2.78. The van der Waals surface area contributed by atoms with Gasteiger partial charge in [0.15, 0.2) is 0 Å². The van der Waals surface area contributed by atoms with Gasteiger partial charge in [-0.15, -0.1) is 6.07 Å². The minimum absolute atomic E-state index is 0. The Morgan fingerprint density at radius 1 is 1.44 bits per heavy atom. The Hall–Kier alpha value is -0.681. The van der Waals surface area contributed by atoms with Crippen LogP contribution in [0.15, 0.2) is 11.1 Å². The van der Waals surface area contributed by atoms with Crippen LogP contribution in [-0.4, -0.2) is 23.0 Å². The van der Waals surface area contributed by atoms with E-state index in [-0.39, 0.29) is 26.7 Å². The van der Waals surface area contributed by atoms with Crippen molar-refractivity contribution in [1.82, 2.24) is 4.57 Å². The van der Waals surface area contributed by atoms with E-state index in [1.165, 1.54) is 7.05 Å². The molecule has 0 aliphatic carbocycles. The molecule has 1 aromatic heterocycles. The largest absolute Gasteiger partial charge is 0.412 e. The molecular weight excluding hydrogens is 428 g/mol. The van der Waals surface area contributed by atoms with Crippen LogP contribution in [0.3, 0.4) is 0 Å². The molecule has 2 nitrogen and oxygen atoms in total. The van der Waals surface area contributed by atoms with E-state index < -0.39 is 18.0 Å². The van der Waals surface area contributed by atoms with Crippen molar-refractivity contribution in [2.24, 2.45) is 12.0 Å². The summed E-state index contributed by atoms with van der Waals surface area (Å²) >= 11 is 0. The number of alkyl halides is 4. The molecule has 1 radical (unpaired) electrons. The summed E-state index contributed by atoms with van der Waals surface area (Å²) in [7, 11) is 1.32. The van der Waals surface area contributed by atoms with E-state index in [1.54, 1.807) is 0 Å². The fourth-order valence-electron chi connectivity index (χ4n) is 1.87. The zero-order valence-electron chi connectivity index (χ0n) is 9.52. The maximum Gasteiger partial charge on any atom is 0.385 e. The molecule has 0 fully saturated rings. The Kier molecular flexibility index (Phi) is 4.72. The summed E-state index contributed by atoms with van der Waals surface area (Å²) < 4.78 is 51.5. The van der Waals surface area contributed by atoms with E-state index in [0.717, 1.165) is 10.6 Å². The fourth-order valence-corrected chi connectivity index (χ4v) is 1.87. The number of aromatic nitrogens is 1. The average Bonchev–Trinajstić information content (AvgIpc) is 2.61. The Bertz CT molecular complexity index is 450. The van der Waals surface area contributed by atoms with Crippen molar-refractivity contribution in [3.8, 4) is 0 Å². The summed E-state index contributed by atoms with van der Waals surface area (Å²) in [5, 5.41) is 0. The van der Waals surface area contributed by atoms with Crippen LogP contribution in [0.25, 0.3) is 0 Å². The molecule has 1 atom stereocenters. The van der Waals surface area contributed by atoms with Crippen molar-refractivity contribution in [3.63, 3.8) is 0 Å². The van der Waals surface area contributed by atoms with Crippen molar-refractivity contribution < 1.29 is 37.7 Å². The normalized spacial score (nSPS) is 20.3. The molecule has 1 aromatic rings. The third-order valence-electron chi connectivity index (χ3n) is 2.78. The van der Waals surface area contributed by atoms with E-state index in [1.807, 2.05) is 0 Å². The Labute approximate surface area is 115 Å². The van der Waals surface area contributed by atoms with E-state index in [4.69, 9.17) is 0 Å². The number of aliphatic imine (C=N–C) groups is 1. The van der Waals surface area contributed by atoms with E-state index in [0.29, 0.717) is 24.2 Å². The number of nitrogens with zero attached hydrogens (tertiary/aromatic N) is 2. The standard InChI is InChI=1S/C11H11F4N2.Ir/c1-17-9(4-5-10(17)11(13,14)15)8-3-2-7(12)6-16-8;/h5,7H,2-3,6H2,1H3;/q-1;. The summed E-state index contributed by atoms with van der Waals surface area (Å²) in [5.74, 6) is 0. The number of hydrogen-bond acceptors (Lipinski definition) is 1. The Balaban J connectivity index is 0.00000162. The molecule has 0 aromatic carbocycles. The predicted molar refractivity (Wildman–Crippen MR) is 54.8 cm³/mol. The van der Waals surface area contributed by atoms with Crippen molar-refractivity contribution in [2.45, 2.75) is 25.2 Å². The van der Waals surface area contributed by atoms with Gasteiger partial charge in [0.1, 0.15) is 6.17 Å². The van der Waals surface area contributed by atoms with E-state index in [2.05, 4.69) is 11.1 Å². The molecule has 0 bridgehead atoms. The molecule has 1 unspecified atom stereocenters. The molecule has 0 saturated carbocycles. The topological polar surface area (TPSA) is 17.3 Å². The van der Waals surface area contributed by atoms with Crippen LogP contribution >= 0.6 is 0 Å². The summed E-state index contributed by atoms with van der Waals surface area (Å²) in [6.45, 7) is 0.0235. The molecule has 2 heterocycles. The molecule has 0 saturated heterocycles. The molecule has 0 amide bonds. The quantitative estimate of drug-likeness (QED) is 0.473. The molecule has 2 rings (SSSR count). The Morgan fingerprint density at radius 3 is 2.56 bits per heavy atom. The van der Waals surface area contributed by atoms with Crippen LogP contribution in [0.2, 0.25) is 0 Å². The van der Waals surface area contributed by atoms with Gasteiger partial charge >= 0.3 is 6.18 Å². The van der Waals surface area contributed by atoms with Gasteiger partial charge in [-0.05, 0) is 19.2 Å². The van der Waals surface area contributed by atoms with Gasteiger partial charge in [-0.1, -0.05) is 12.1 Å². The average molecular weight is 439 g/mol. The number of hydrogen-bond donors (Lipinski definition) is 0. The maximum atomic E-state index is 12.9. The second-order valence-electron chi connectivity index (χ2n) is 4.00. The smallest absolute Gasteiger partial charge is 0.385 e. The van der Waals surface area contributed by atoms with Gasteiger partial charge in [-0.3, -0.25) is 0 Å². The summed E-state index contributed by atoms with van der Waals surface area (Å²) in [6, 6.07) is 3.46. The van der Waals surface area contributed by atoms with Gasteiger partial charge in [0.2, 0.25) is 0 Å². The van der Waals surface area contributed by atoms with E-state index >= 15 is 0 Å². The van der Waals surface area contributed by atoms with Gasteiger partial charge in [0, 0.05) is 25.8 Å². The van der Waals surface area contributed by atoms with Gasteiger partial charge < -0.3 is 9.56 Å². The first-order valence-corrected chi connectivity index (χ1v) is 5.22. The summed E-state index contributed by atoms with van der Waals surface area (Å²) in [5.41, 5.74) is 0.0266. The van der Waals surface area contributed by atoms with Gasteiger partial charge in [-0.2, -0.15) is 19.2 Å². The zero-order chi connectivity index (χ0) is 12.6. The molecule has 7 heteroatoms. The second-order valence-corrected chi connectivity index (χ2v) is 4.00. The van der Waals surface area contributed by atoms with Crippen LogP contribution in [0.5, 0.6) is 0 Å². The van der Waals surface area contributed by atoms with Crippen LogP contribution in [0, 0.1) is 6.07 Å². The molecule has 0 spiro atoms. The van der Waals surface area contributed by atoms with Gasteiger partial charge in [0.05, 0.1) is 6.54 Å². The molecule has 1 aliphatic rings. The molecule has 103 valence electrons. The summed E-state index contributed by atoms with van der Waals surface area (Å²) in [6.07, 6.45) is -4.73. The van der Waals surface area contributed by atoms with Crippen molar-refractivity contribution in [2.75, 3.05) is 6.54 Å². The van der Waals surface area contributed by atoms with Crippen molar-refractivity contribution in [3.05, 3.63) is 23.5 Å². The maximum absolute atomic E-state index is 12.9. The SMILES string of the molecule is Cn1c(C2=NCC(F)CC2)[c-]cc1C(F)(F)F.[Ir]. The van der Waals surface area contributed by atoms with Gasteiger partial charge in [-0.25, -0.2) is 4.39 Å². The monoisotopic (exact) mass is 440 g/mol. The first-order valence-electron chi connectivity index (χ1n) is 5.22. The first kappa shape index (κ1) is 15.4.